The fraction of sp³-hybridized carbons (Fsp3) is 0.550. The first-order valence-corrected chi connectivity index (χ1v) is 10.4. The zero-order chi connectivity index (χ0) is 19.7. The Labute approximate surface area is 164 Å². The third-order valence-electron chi connectivity index (χ3n) is 6.62. The molecule has 0 radical (unpaired) electrons. The SMILES string of the molecule is CC(=O)NC12C[C@H]3C[C@H](C1)CC(C(=O)Nc1nc4c(F)cc(F)cc4s1)(C3)C2. The van der Waals surface area contributed by atoms with E-state index in [1.807, 2.05) is 0 Å². The number of halogens is 2. The number of fused-ring (bicyclic) bond motifs is 1. The summed E-state index contributed by atoms with van der Waals surface area (Å²) in [6, 6.07) is 2.02. The molecule has 1 aromatic heterocycles. The minimum Gasteiger partial charge on any atom is -0.351 e. The number of hydrogen-bond acceptors (Lipinski definition) is 4. The minimum atomic E-state index is -0.730. The molecule has 28 heavy (non-hydrogen) atoms. The van der Waals surface area contributed by atoms with E-state index in [-0.39, 0.29) is 28.0 Å². The number of amides is 2. The minimum absolute atomic E-state index is 0.0545. The molecule has 4 saturated carbocycles. The van der Waals surface area contributed by atoms with Gasteiger partial charge in [-0.15, -0.1) is 0 Å². The Morgan fingerprint density at radius 1 is 1.18 bits per heavy atom. The van der Waals surface area contributed by atoms with Gasteiger partial charge in [0.15, 0.2) is 10.9 Å². The van der Waals surface area contributed by atoms with E-state index in [1.54, 1.807) is 0 Å². The van der Waals surface area contributed by atoms with Crippen LogP contribution in [-0.2, 0) is 9.59 Å². The average molecular weight is 405 g/mol. The largest absolute Gasteiger partial charge is 0.351 e. The third kappa shape index (κ3) is 2.80. The molecule has 5 nitrogen and oxygen atoms in total. The van der Waals surface area contributed by atoms with Gasteiger partial charge in [0.1, 0.15) is 11.3 Å². The first kappa shape index (κ1) is 18.0. The number of hydrogen-bond donors (Lipinski definition) is 2. The van der Waals surface area contributed by atoms with Crippen LogP contribution in [0.1, 0.15) is 45.4 Å². The maximum Gasteiger partial charge on any atom is 0.232 e. The van der Waals surface area contributed by atoms with E-state index in [9.17, 15) is 18.4 Å². The molecule has 0 spiro atoms. The van der Waals surface area contributed by atoms with Crippen molar-refractivity contribution in [3.8, 4) is 0 Å². The molecule has 0 unspecified atom stereocenters. The Morgan fingerprint density at radius 3 is 2.57 bits per heavy atom. The molecular weight excluding hydrogens is 384 g/mol. The van der Waals surface area contributed by atoms with Crippen molar-refractivity contribution in [1.29, 1.82) is 0 Å². The van der Waals surface area contributed by atoms with Gasteiger partial charge >= 0.3 is 0 Å². The van der Waals surface area contributed by atoms with E-state index in [2.05, 4.69) is 15.6 Å². The second-order valence-corrected chi connectivity index (χ2v) is 9.94. The van der Waals surface area contributed by atoms with Crippen LogP contribution in [0.25, 0.3) is 10.2 Å². The summed E-state index contributed by atoms with van der Waals surface area (Å²) in [4.78, 5) is 29.2. The molecule has 4 bridgehead atoms. The molecule has 0 saturated heterocycles. The highest BCUT2D eigenvalue weighted by Crippen LogP contribution is 2.62. The van der Waals surface area contributed by atoms with Gasteiger partial charge in [-0.25, -0.2) is 13.8 Å². The molecule has 4 aliphatic carbocycles. The van der Waals surface area contributed by atoms with Gasteiger partial charge in [-0.2, -0.15) is 0 Å². The molecule has 1 heterocycles. The predicted molar refractivity (Wildman–Crippen MR) is 102 cm³/mol. The molecule has 4 fully saturated rings. The lowest BCUT2D eigenvalue weighted by Gasteiger charge is -2.61. The zero-order valence-electron chi connectivity index (χ0n) is 15.5. The zero-order valence-corrected chi connectivity index (χ0v) is 16.3. The van der Waals surface area contributed by atoms with Crippen molar-refractivity contribution >= 4 is 38.5 Å². The van der Waals surface area contributed by atoms with Gasteiger partial charge in [0, 0.05) is 18.5 Å². The van der Waals surface area contributed by atoms with Gasteiger partial charge in [0.25, 0.3) is 0 Å². The third-order valence-corrected chi connectivity index (χ3v) is 7.54. The van der Waals surface area contributed by atoms with E-state index in [0.29, 0.717) is 23.0 Å². The summed E-state index contributed by atoms with van der Waals surface area (Å²) in [6.45, 7) is 1.53. The maximum atomic E-state index is 13.9. The summed E-state index contributed by atoms with van der Waals surface area (Å²) in [7, 11) is 0. The number of nitrogens with one attached hydrogen (secondary N) is 2. The molecule has 2 N–H and O–H groups in total. The molecule has 2 aromatic rings. The predicted octanol–water partition coefficient (Wildman–Crippen LogP) is 3.99. The van der Waals surface area contributed by atoms with Crippen molar-refractivity contribution in [2.45, 2.75) is 51.0 Å². The normalized spacial score (nSPS) is 33.2. The van der Waals surface area contributed by atoms with Crippen molar-refractivity contribution in [1.82, 2.24) is 10.3 Å². The maximum absolute atomic E-state index is 13.9. The van der Waals surface area contributed by atoms with Crippen LogP contribution in [0.5, 0.6) is 0 Å². The van der Waals surface area contributed by atoms with Crippen molar-refractivity contribution in [2.24, 2.45) is 17.3 Å². The molecule has 1 aromatic carbocycles. The van der Waals surface area contributed by atoms with Crippen LogP contribution in [0, 0.1) is 28.9 Å². The van der Waals surface area contributed by atoms with Crippen LogP contribution in [-0.4, -0.2) is 22.3 Å². The van der Waals surface area contributed by atoms with E-state index < -0.39 is 17.0 Å². The van der Waals surface area contributed by atoms with Crippen LogP contribution in [0.15, 0.2) is 12.1 Å². The standard InChI is InChI=1S/C20H21F2N3O2S/c1-10(26)25-20-7-11-2-12(8-20)6-19(5-11,9-20)17(27)24-18-23-16-14(22)3-13(21)4-15(16)28-18/h3-4,11-12H,2,5-9H2,1H3,(H,25,26)(H,23,24,27)/t11-,12-,19?,20?/m0/s1. The molecular formula is C20H21F2N3O2S. The molecule has 8 heteroatoms. The monoisotopic (exact) mass is 405 g/mol. The molecule has 2 amide bonds. The van der Waals surface area contributed by atoms with Crippen molar-refractivity contribution in [3.63, 3.8) is 0 Å². The van der Waals surface area contributed by atoms with Crippen LogP contribution in [0.2, 0.25) is 0 Å². The second-order valence-electron chi connectivity index (χ2n) is 8.91. The van der Waals surface area contributed by atoms with Gasteiger partial charge in [0.05, 0.1) is 10.1 Å². The van der Waals surface area contributed by atoms with Gasteiger partial charge in [-0.3, -0.25) is 9.59 Å². The Kier molecular flexibility index (Phi) is 3.82. The lowest BCUT2D eigenvalue weighted by atomic mass is 9.46. The summed E-state index contributed by atoms with van der Waals surface area (Å²) >= 11 is 1.07. The summed E-state index contributed by atoms with van der Waals surface area (Å²) < 4.78 is 27.7. The van der Waals surface area contributed by atoms with Gasteiger partial charge in [-0.05, 0) is 56.4 Å². The molecule has 148 valence electrons. The van der Waals surface area contributed by atoms with Crippen molar-refractivity contribution < 1.29 is 18.4 Å². The van der Waals surface area contributed by atoms with Gasteiger partial charge < -0.3 is 10.6 Å². The summed E-state index contributed by atoms with van der Waals surface area (Å²) in [5, 5.41) is 6.30. The number of rotatable bonds is 3. The fourth-order valence-electron chi connectivity index (χ4n) is 6.29. The molecule has 4 aliphatic rings. The second kappa shape index (κ2) is 5.95. The Hall–Kier alpha value is -2.09. The van der Waals surface area contributed by atoms with E-state index in [1.165, 1.54) is 13.0 Å². The average Bonchev–Trinajstić information content (AvgIpc) is 2.94. The quantitative estimate of drug-likeness (QED) is 0.811. The van der Waals surface area contributed by atoms with Crippen LogP contribution in [0.3, 0.4) is 0 Å². The van der Waals surface area contributed by atoms with Crippen LogP contribution >= 0.6 is 11.3 Å². The highest BCUT2D eigenvalue weighted by atomic mass is 32.1. The first-order chi connectivity index (χ1) is 13.3. The molecule has 0 aliphatic heterocycles. The van der Waals surface area contributed by atoms with Crippen molar-refractivity contribution in [2.75, 3.05) is 5.32 Å². The smallest absolute Gasteiger partial charge is 0.232 e. The van der Waals surface area contributed by atoms with Gasteiger partial charge in [0.2, 0.25) is 11.8 Å². The topological polar surface area (TPSA) is 71.1 Å². The van der Waals surface area contributed by atoms with Crippen LogP contribution in [0.4, 0.5) is 13.9 Å². The fourth-order valence-corrected chi connectivity index (χ4v) is 7.19. The molecule has 6 rings (SSSR count). The highest BCUT2D eigenvalue weighted by molar-refractivity contribution is 7.22. The number of nitrogens with zero attached hydrogens (tertiary/aromatic N) is 1. The first-order valence-electron chi connectivity index (χ1n) is 9.62. The number of anilines is 1. The summed E-state index contributed by atoms with van der Waals surface area (Å²) in [5.74, 6) is -0.699. The number of thiazole rings is 1. The number of aromatic nitrogens is 1. The van der Waals surface area contributed by atoms with Crippen LogP contribution < -0.4 is 10.6 Å². The van der Waals surface area contributed by atoms with E-state index >= 15 is 0 Å². The Morgan fingerprint density at radius 2 is 1.89 bits per heavy atom. The van der Waals surface area contributed by atoms with Crippen molar-refractivity contribution in [3.05, 3.63) is 23.8 Å². The summed E-state index contributed by atoms with van der Waals surface area (Å²) in [6.07, 6.45) is 5.23. The number of benzene rings is 1. The highest BCUT2D eigenvalue weighted by Gasteiger charge is 2.60. The number of carbonyl (C=O) groups excluding carboxylic acids is 2. The number of carbonyl (C=O) groups is 2. The van der Waals surface area contributed by atoms with E-state index in [4.69, 9.17) is 0 Å². The van der Waals surface area contributed by atoms with E-state index in [0.717, 1.165) is 49.5 Å². The lowest BCUT2D eigenvalue weighted by molar-refractivity contribution is -0.148. The summed E-state index contributed by atoms with van der Waals surface area (Å²) in [5.41, 5.74) is -0.758. The van der Waals surface area contributed by atoms with Gasteiger partial charge in [-0.1, -0.05) is 11.3 Å². The Balaban J connectivity index is 1.43. The molecule has 2 atom stereocenters. The Bertz CT molecular complexity index is 991. The lowest BCUT2D eigenvalue weighted by Crippen LogP contribution is -2.65.